The van der Waals surface area contributed by atoms with Gasteiger partial charge in [0.1, 0.15) is 0 Å². The van der Waals surface area contributed by atoms with E-state index in [0.29, 0.717) is 17.0 Å². The van der Waals surface area contributed by atoms with Crippen molar-refractivity contribution >= 4 is 9.53 Å². The van der Waals surface area contributed by atoms with Gasteiger partial charge >= 0.3 is 50.5 Å². The van der Waals surface area contributed by atoms with Crippen LogP contribution in [0.5, 0.6) is 0 Å². The second-order valence-corrected chi connectivity index (χ2v) is 2.83. The average molecular weight is 197 g/mol. The molecule has 0 heterocycles. The van der Waals surface area contributed by atoms with Crippen LogP contribution in [0.2, 0.25) is 4.89 Å². The van der Waals surface area contributed by atoms with Crippen LogP contribution in [0, 0.1) is 0 Å². The number of rotatable bonds is 2. The molecule has 0 atom stereocenters. The quantitative estimate of drug-likeness (QED) is 0.470. The summed E-state index contributed by atoms with van der Waals surface area (Å²) in [7, 11) is 5.38. The molecule has 0 fully saturated rings. The molecule has 0 spiro atoms. The van der Waals surface area contributed by atoms with Crippen molar-refractivity contribution in [3.63, 3.8) is 0 Å². The zero-order valence-electron chi connectivity index (χ0n) is 3.56. The minimum atomic E-state index is 0.398. The summed E-state index contributed by atoms with van der Waals surface area (Å²) in [6, 6.07) is 0. The fourth-order valence-electron chi connectivity index (χ4n) is 0.103. The third-order valence-corrected chi connectivity index (χ3v) is 1.54. The van der Waals surface area contributed by atoms with Crippen LogP contribution in [0.4, 0.5) is 0 Å². The van der Waals surface area contributed by atoms with Crippen molar-refractivity contribution in [1.29, 1.82) is 0 Å². The van der Waals surface area contributed by atoms with Gasteiger partial charge < -0.3 is 0 Å². The van der Waals surface area contributed by atoms with Gasteiger partial charge in [-0.3, -0.25) is 0 Å². The summed E-state index contributed by atoms with van der Waals surface area (Å²) in [6.45, 7) is 2.00. The molecule has 2 heteroatoms. The summed E-state index contributed by atoms with van der Waals surface area (Å²) in [5.41, 5.74) is 0. The number of hydrogen-bond acceptors (Lipinski definition) is 0. The summed E-state index contributed by atoms with van der Waals surface area (Å²) in [5.74, 6) is 0. The predicted molar refractivity (Wildman–Crippen MR) is 25.5 cm³/mol. The normalized spacial score (nSPS) is 11.0. The van der Waals surface area contributed by atoms with Crippen molar-refractivity contribution in [2.45, 2.75) is 11.8 Å². The maximum absolute atomic E-state index is 5.38. The summed E-state index contributed by atoms with van der Waals surface area (Å²) < 4.78 is 0. The zero-order chi connectivity index (χ0) is 4.83. The molecule has 0 amide bonds. The van der Waals surface area contributed by atoms with Gasteiger partial charge in [0.2, 0.25) is 0 Å². The van der Waals surface area contributed by atoms with Crippen LogP contribution in [-0.2, 0) is 17.0 Å². The van der Waals surface area contributed by atoms with Gasteiger partial charge in [-0.25, -0.2) is 0 Å². The molecule has 0 bridgehead atoms. The van der Waals surface area contributed by atoms with E-state index < -0.39 is 0 Å². The standard InChI is InChI=1S/C4H7.ClH.Pd/c1-3-4-2;;/h3-4H,1H2,2H3;1H;/q;;+1/p-1. The van der Waals surface area contributed by atoms with Crippen LogP contribution in [-0.4, -0.2) is 0 Å². The van der Waals surface area contributed by atoms with Crippen molar-refractivity contribution in [3.05, 3.63) is 12.2 Å². The molecule has 0 aromatic rings. The Morgan fingerprint density at radius 2 is 2.50 bits per heavy atom. The Morgan fingerprint density at radius 1 is 1.83 bits per heavy atom. The van der Waals surface area contributed by atoms with Crippen molar-refractivity contribution in [3.8, 4) is 0 Å². The Kier molecular flexibility index (Phi) is 6.35. The monoisotopic (exact) mass is 196 g/mol. The summed E-state index contributed by atoms with van der Waals surface area (Å²) in [5, 5.41) is 0. The molecular formula is C4H7ClPd. The van der Waals surface area contributed by atoms with Gasteiger partial charge in [-0.2, -0.15) is 0 Å². The van der Waals surface area contributed by atoms with Gasteiger partial charge in [0.25, 0.3) is 0 Å². The number of allylic oxidation sites excluding steroid dienone is 2. The van der Waals surface area contributed by atoms with Gasteiger partial charge in [0, 0.05) is 0 Å². The third kappa shape index (κ3) is 4.69. The number of hydrogen-bond donors (Lipinski definition) is 0. The van der Waals surface area contributed by atoms with E-state index in [1.807, 2.05) is 13.0 Å². The topological polar surface area (TPSA) is 0 Å². The molecule has 40 valence electrons. The second-order valence-electron chi connectivity index (χ2n) is 0.783. The molecule has 0 saturated heterocycles. The molecule has 0 aliphatic rings. The van der Waals surface area contributed by atoms with Crippen LogP contribution in [0.25, 0.3) is 0 Å². The summed E-state index contributed by atoms with van der Waals surface area (Å²) in [4.78, 5) is 1.05. The average Bonchev–Trinajstić information content (AvgIpc) is 1.61. The molecule has 0 aromatic carbocycles. The van der Waals surface area contributed by atoms with Crippen molar-refractivity contribution < 1.29 is 17.0 Å². The first kappa shape index (κ1) is 6.69. The van der Waals surface area contributed by atoms with E-state index in [1.54, 1.807) is 0 Å². The van der Waals surface area contributed by atoms with Crippen LogP contribution in [0.15, 0.2) is 12.2 Å². The maximum atomic E-state index is 5.38. The summed E-state index contributed by atoms with van der Waals surface area (Å²) >= 11 is 0.398. The molecule has 6 heavy (non-hydrogen) atoms. The Bertz CT molecular complexity index is 42.8. The van der Waals surface area contributed by atoms with Gasteiger partial charge in [0.15, 0.2) is 0 Å². The minimum absolute atomic E-state index is 0.398. The van der Waals surface area contributed by atoms with E-state index in [-0.39, 0.29) is 0 Å². The molecule has 0 aliphatic heterocycles. The van der Waals surface area contributed by atoms with Crippen molar-refractivity contribution in [2.24, 2.45) is 0 Å². The SMILES string of the molecule is CC=C[CH2][Pd][Cl]. The molecule has 0 N–H and O–H groups in total. The fraction of sp³-hybridized carbons (Fsp3) is 0.500. The Labute approximate surface area is 50.7 Å². The molecule has 0 saturated carbocycles. The Hall–Kier alpha value is 0.692. The van der Waals surface area contributed by atoms with Gasteiger partial charge in [-0.05, 0) is 0 Å². The van der Waals surface area contributed by atoms with Crippen LogP contribution < -0.4 is 0 Å². The molecular weight excluding hydrogens is 190 g/mol. The first-order valence-corrected chi connectivity index (χ1v) is 4.76. The van der Waals surface area contributed by atoms with Crippen LogP contribution in [0.1, 0.15) is 6.92 Å². The first-order chi connectivity index (χ1) is 2.91. The summed E-state index contributed by atoms with van der Waals surface area (Å²) in [6.07, 6.45) is 4.09. The molecule has 0 unspecified atom stereocenters. The van der Waals surface area contributed by atoms with E-state index >= 15 is 0 Å². The number of halogens is 1. The zero-order valence-corrected chi connectivity index (χ0v) is 5.87. The second kappa shape index (κ2) is 5.69. The molecule has 0 aromatic heterocycles. The predicted octanol–water partition coefficient (Wildman–Crippen LogP) is 2.22. The molecule has 0 radical (unpaired) electrons. The molecule has 0 aliphatic carbocycles. The molecule has 0 nitrogen and oxygen atoms in total. The van der Waals surface area contributed by atoms with Crippen molar-refractivity contribution in [1.82, 2.24) is 0 Å². The van der Waals surface area contributed by atoms with E-state index in [0.717, 1.165) is 4.89 Å². The van der Waals surface area contributed by atoms with Gasteiger partial charge in [0.05, 0.1) is 0 Å². The van der Waals surface area contributed by atoms with Crippen LogP contribution >= 0.6 is 9.53 Å². The Morgan fingerprint density at radius 3 is 2.67 bits per heavy atom. The van der Waals surface area contributed by atoms with E-state index in [2.05, 4.69) is 6.08 Å². The van der Waals surface area contributed by atoms with Crippen LogP contribution in [0.3, 0.4) is 0 Å². The third-order valence-electron chi connectivity index (χ3n) is 0.359. The molecule has 0 rings (SSSR count). The van der Waals surface area contributed by atoms with E-state index in [1.165, 1.54) is 0 Å². The fourth-order valence-corrected chi connectivity index (χ4v) is 0.941. The van der Waals surface area contributed by atoms with E-state index in [4.69, 9.17) is 9.53 Å². The van der Waals surface area contributed by atoms with Gasteiger partial charge in [-0.1, -0.05) is 0 Å². The first-order valence-electron chi connectivity index (χ1n) is 1.66. The van der Waals surface area contributed by atoms with Gasteiger partial charge in [-0.15, -0.1) is 0 Å². The van der Waals surface area contributed by atoms with Crippen molar-refractivity contribution in [2.75, 3.05) is 0 Å². The Balaban J connectivity index is 2.66. The van der Waals surface area contributed by atoms with E-state index in [9.17, 15) is 0 Å².